The fraction of sp³-hybridized carbons (Fsp3) is 0.167. The number of hydrogen-bond acceptors (Lipinski definition) is 5. The summed E-state index contributed by atoms with van der Waals surface area (Å²) >= 11 is 0. The predicted octanol–water partition coefficient (Wildman–Crippen LogP) is 4.54. The minimum atomic E-state index is -0.446. The highest BCUT2D eigenvalue weighted by Crippen LogP contribution is 2.51. The zero-order chi connectivity index (χ0) is 20.0. The van der Waals surface area contributed by atoms with E-state index in [4.69, 9.17) is 9.47 Å². The first-order valence-electron chi connectivity index (χ1n) is 9.52. The molecule has 2 unspecified atom stereocenters. The van der Waals surface area contributed by atoms with E-state index in [-0.39, 0.29) is 53.3 Å². The number of phenols is 1. The standard InChI is InChI=1S/C24H18O5/c25-17-12-18(15-9-5-2-6-10-15)28-20-13-19-22(24(27)23(17)20)16(11-21(26)29-19)14-7-3-1-4-8-14/h1-10,13,16,18,27H,11-12H2. The number of esters is 1. The number of hydrogen-bond donors (Lipinski definition) is 1. The molecular weight excluding hydrogens is 368 g/mol. The molecule has 0 saturated carbocycles. The van der Waals surface area contributed by atoms with Crippen LogP contribution >= 0.6 is 0 Å². The summed E-state index contributed by atoms with van der Waals surface area (Å²) in [5, 5.41) is 11.0. The fourth-order valence-corrected chi connectivity index (χ4v) is 4.14. The van der Waals surface area contributed by atoms with E-state index in [1.807, 2.05) is 60.7 Å². The van der Waals surface area contributed by atoms with Gasteiger partial charge in [0, 0.05) is 17.5 Å². The lowest BCUT2D eigenvalue weighted by molar-refractivity contribution is -0.135. The van der Waals surface area contributed by atoms with Gasteiger partial charge < -0.3 is 14.6 Å². The van der Waals surface area contributed by atoms with Gasteiger partial charge in [0.2, 0.25) is 0 Å². The molecule has 0 bridgehead atoms. The van der Waals surface area contributed by atoms with E-state index in [0.29, 0.717) is 5.56 Å². The van der Waals surface area contributed by atoms with Crippen molar-refractivity contribution in [2.45, 2.75) is 24.9 Å². The third kappa shape index (κ3) is 2.95. The number of Topliss-reactive ketones (excluding diaryl/α,β-unsaturated/α-hetero) is 1. The van der Waals surface area contributed by atoms with Crippen LogP contribution in [-0.2, 0) is 4.79 Å². The second-order valence-electron chi connectivity index (χ2n) is 7.30. The zero-order valence-corrected chi connectivity index (χ0v) is 15.5. The molecule has 5 rings (SSSR count). The van der Waals surface area contributed by atoms with Gasteiger partial charge in [-0.1, -0.05) is 60.7 Å². The van der Waals surface area contributed by atoms with E-state index in [9.17, 15) is 14.7 Å². The zero-order valence-electron chi connectivity index (χ0n) is 15.5. The quantitative estimate of drug-likeness (QED) is 0.517. The molecule has 1 N–H and O–H groups in total. The van der Waals surface area contributed by atoms with E-state index in [2.05, 4.69) is 0 Å². The number of fused-ring (bicyclic) bond motifs is 2. The first-order chi connectivity index (χ1) is 14.1. The lowest BCUT2D eigenvalue weighted by Gasteiger charge is -2.31. The number of carbonyl (C=O) groups is 2. The molecule has 2 aliphatic heterocycles. The summed E-state index contributed by atoms with van der Waals surface area (Å²) in [6, 6.07) is 20.5. The first-order valence-corrected chi connectivity index (χ1v) is 9.52. The fourth-order valence-electron chi connectivity index (χ4n) is 4.14. The molecule has 0 aliphatic carbocycles. The van der Waals surface area contributed by atoms with Crippen molar-refractivity contribution >= 4 is 11.8 Å². The highest BCUT2D eigenvalue weighted by molar-refractivity contribution is 6.03. The van der Waals surface area contributed by atoms with Crippen molar-refractivity contribution in [1.82, 2.24) is 0 Å². The molecule has 2 aliphatic rings. The Hall–Kier alpha value is -3.60. The molecule has 0 saturated heterocycles. The molecule has 5 heteroatoms. The Balaban J connectivity index is 1.62. The molecule has 5 nitrogen and oxygen atoms in total. The third-order valence-corrected chi connectivity index (χ3v) is 5.50. The summed E-state index contributed by atoms with van der Waals surface area (Å²) in [7, 11) is 0. The molecule has 29 heavy (non-hydrogen) atoms. The van der Waals surface area contributed by atoms with Crippen molar-refractivity contribution in [2.24, 2.45) is 0 Å². The molecule has 3 aromatic rings. The number of carbonyl (C=O) groups excluding carboxylic acids is 2. The monoisotopic (exact) mass is 386 g/mol. The predicted molar refractivity (Wildman–Crippen MR) is 105 cm³/mol. The largest absolute Gasteiger partial charge is 0.507 e. The van der Waals surface area contributed by atoms with Crippen molar-refractivity contribution in [3.63, 3.8) is 0 Å². The van der Waals surface area contributed by atoms with Gasteiger partial charge in [0.15, 0.2) is 5.78 Å². The molecule has 2 atom stereocenters. The lowest BCUT2D eigenvalue weighted by Crippen LogP contribution is -2.25. The number of ether oxygens (including phenoxy) is 2. The Morgan fingerprint density at radius 1 is 0.828 bits per heavy atom. The van der Waals surface area contributed by atoms with Crippen LogP contribution in [0, 0.1) is 0 Å². The maximum Gasteiger partial charge on any atom is 0.312 e. The maximum atomic E-state index is 12.9. The van der Waals surface area contributed by atoms with Gasteiger partial charge in [0.25, 0.3) is 0 Å². The third-order valence-electron chi connectivity index (χ3n) is 5.50. The summed E-state index contributed by atoms with van der Waals surface area (Å²) in [6.45, 7) is 0. The summed E-state index contributed by atoms with van der Waals surface area (Å²) < 4.78 is 11.5. The number of phenolic OH excluding ortho intramolecular Hbond substituents is 1. The smallest absolute Gasteiger partial charge is 0.312 e. The maximum absolute atomic E-state index is 12.9. The van der Waals surface area contributed by atoms with Crippen LogP contribution in [-0.4, -0.2) is 16.9 Å². The molecule has 0 amide bonds. The van der Waals surface area contributed by atoms with Gasteiger partial charge in [-0.25, -0.2) is 0 Å². The number of rotatable bonds is 2. The van der Waals surface area contributed by atoms with Gasteiger partial charge in [-0.15, -0.1) is 0 Å². The molecule has 2 heterocycles. The van der Waals surface area contributed by atoms with Crippen LogP contribution in [0.1, 0.15) is 51.9 Å². The summed E-state index contributed by atoms with van der Waals surface area (Å²) in [6.07, 6.45) is -0.206. The summed E-state index contributed by atoms with van der Waals surface area (Å²) in [5.41, 5.74) is 2.38. The summed E-state index contributed by atoms with van der Waals surface area (Å²) in [5.74, 6) is -0.620. The van der Waals surface area contributed by atoms with E-state index < -0.39 is 6.10 Å². The Morgan fingerprint density at radius 3 is 2.17 bits per heavy atom. The van der Waals surface area contributed by atoms with Gasteiger partial charge in [-0.2, -0.15) is 0 Å². The Bertz CT molecular complexity index is 1110. The van der Waals surface area contributed by atoms with Crippen LogP contribution < -0.4 is 9.47 Å². The van der Waals surface area contributed by atoms with Crippen LogP contribution in [0.15, 0.2) is 66.7 Å². The van der Waals surface area contributed by atoms with E-state index in [1.165, 1.54) is 0 Å². The van der Waals surface area contributed by atoms with E-state index in [1.54, 1.807) is 6.07 Å². The first kappa shape index (κ1) is 17.5. The summed E-state index contributed by atoms with van der Waals surface area (Å²) in [4.78, 5) is 25.2. The average molecular weight is 386 g/mol. The lowest BCUT2D eigenvalue weighted by atomic mass is 9.83. The molecule has 0 spiro atoms. The van der Waals surface area contributed by atoms with Crippen LogP contribution in [0.25, 0.3) is 0 Å². The SMILES string of the molecule is O=C1CC(c2ccccc2)c2c(cc3c(c2O)C(=O)CC(c2ccccc2)O3)O1. The van der Waals surface area contributed by atoms with Crippen LogP contribution in [0.4, 0.5) is 0 Å². The Labute approximate surface area is 167 Å². The molecule has 144 valence electrons. The Morgan fingerprint density at radius 2 is 1.48 bits per heavy atom. The van der Waals surface area contributed by atoms with Crippen molar-refractivity contribution in [2.75, 3.05) is 0 Å². The minimum absolute atomic E-state index is 0.102. The highest BCUT2D eigenvalue weighted by atomic mass is 16.5. The van der Waals surface area contributed by atoms with Gasteiger partial charge in [-0.3, -0.25) is 9.59 Å². The molecule has 0 fully saturated rings. The van der Waals surface area contributed by atoms with Crippen molar-refractivity contribution < 1.29 is 24.2 Å². The minimum Gasteiger partial charge on any atom is -0.507 e. The molecule has 0 radical (unpaired) electrons. The number of aromatic hydroxyl groups is 1. The van der Waals surface area contributed by atoms with E-state index >= 15 is 0 Å². The van der Waals surface area contributed by atoms with Gasteiger partial charge >= 0.3 is 5.97 Å². The average Bonchev–Trinajstić information content (AvgIpc) is 2.74. The van der Waals surface area contributed by atoms with Gasteiger partial charge in [-0.05, 0) is 11.1 Å². The second kappa shape index (κ2) is 6.78. The van der Waals surface area contributed by atoms with Crippen molar-refractivity contribution in [3.8, 4) is 17.2 Å². The highest BCUT2D eigenvalue weighted by Gasteiger charge is 2.38. The molecular formula is C24H18O5. The second-order valence-corrected chi connectivity index (χ2v) is 7.30. The Kier molecular flexibility index (Phi) is 4.09. The van der Waals surface area contributed by atoms with Crippen LogP contribution in [0.2, 0.25) is 0 Å². The topological polar surface area (TPSA) is 72.8 Å². The van der Waals surface area contributed by atoms with Gasteiger partial charge in [0.05, 0.1) is 12.8 Å². The number of ketones is 1. The van der Waals surface area contributed by atoms with Crippen LogP contribution in [0.5, 0.6) is 17.2 Å². The van der Waals surface area contributed by atoms with Crippen molar-refractivity contribution in [1.29, 1.82) is 0 Å². The van der Waals surface area contributed by atoms with Gasteiger partial charge in [0.1, 0.15) is 28.9 Å². The molecule has 3 aromatic carbocycles. The number of benzene rings is 3. The van der Waals surface area contributed by atoms with Crippen LogP contribution in [0.3, 0.4) is 0 Å². The normalized spacial score (nSPS) is 20.3. The van der Waals surface area contributed by atoms with Crippen molar-refractivity contribution in [3.05, 3.63) is 89.0 Å². The van der Waals surface area contributed by atoms with E-state index in [0.717, 1.165) is 11.1 Å². The molecule has 0 aromatic heterocycles.